The van der Waals surface area contributed by atoms with Crippen molar-refractivity contribution in [1.29, 1.82) is 0 Å². The molecule has 0 aromatic rings. The first-order valence-corrected chi connectivity index (χ1v) is 13.3. The van der Waals surface area contributed by atoms with Crippen molar-refractivity contribution in [2.75, 3.05) is 0 Å². The molecule has 0 bridgehead atoms. The van der Waals surface area contributed by atoms with E-state index in [1.165, 1.54) is 51.4 Å². The van der Waals surface area contributed by atoms with Crippen molar-refractivity contribution in [3.05, 3.63) is 23.3 Å². The molecule has 4 aliphatic rings. The van der Waals surface area contributed by atoms with Crippen molar-refractivity contribution in [3.63, 3.8) is 0 Å². The first-order chi connectivity index (χ1) is 14.2. The molecule has 3 saturated carbocycles. The average molecular weight is 413 g/mol. The number of hydrogen-bond donors (Lipinski definition) is 1. The van der Waals surface area contributed by atoms with Crippen LogP contribution in [0.5, 0.6) is 0 Å². The van der Waals surface area contributed by atoms with Gasteiger partial charge in [-0.3, -0.25) is 0 Å². The van der Waals surface area contributed by atoms with Gasteiger partial charge >= 0.3 is 0 Å². The fourth-order valence-corrected chi connectivity index (χ4v) is 8.65. The van der Waals surface area contributed by atoms with Crippen molar-refractivity contribution in [2.24, 2.45) is 46.3 Å². The summed E-state index contributed by atoms with van der Waals surface area (Å²) < 4.78 is 0. The number of aliphatic hydroxyl groups excluding tert-OH is 1. The lowest BCUT2D eigenvalue weighted by molar-refractivity contribution is 0.0315. The van der Waals surface area contributed by atoms with E-state index in [1.807, 2.05) is 0 Å². The molecular weight excluding hydrogens is 364 g/mol. The summed E-state index contributed by atoms with van der Waals surface area (Å²) >= 11 is 0. The standard InChI is InChI=1S/C29H48O/c1-7-21(19(2)3)9-8-20(4)25-12-13-26-24-11-10-22-18-23(30)14-16-28(22,5)27(24)15-17-29(25,26)6/h10-11,19-21,23,25-27,30H,7-9,12-18H2,1-6H3/t20-,21-,23+,25-,26+,27?,28+,29-/m1/s1. The molecule has 0 radical (unpaired) electrons. The largest absolute Gasteiger partial charge is 0.393 e. The summed E-state index contributed by atoms with van der Waals surface area (Å²) in [6, 6.07) is 0. The normalized spacial score (nSPS) is 42.7. The van der Waals surface area contributed by atoms with Crippen LogP contribution in [0.15, 0.2) is 23.3 Å². The molecule has 1 heteroatoms. The summed E-state index contributed by atoms with van der Waals surface area (Å²) in [6.07, 6.45) is 17.8. The molecule has 0 saturated heterocycles. The van der Waals surface area contributed by atoms with Crippen LogP contribution in [0.1, 0.15) is 106 Å². The van der Waals surface area contributed by atoms with Gasteiger partial charge in [-0.2, -0.15) is 0 Å². The highest BCUT2D eigenvalue weighted by Crippen LogP contribution is 2.66. The molecule has 1 nitrogen and oxygen atoms in total. The zero-order valence-corrected chi connectivity index (χ0v) is 20.7. The van der Waals surface area contributed by atoms with Crippen molar-refractivity contribution >= 4 is 0 Å². The second-order valence-corrected chi connectivity index (χ2v) is 12.5. The van der Waals surface area contributed by atoms with Crippen LogP contribution < -0.4 is 0 Å². The zero-order valence-electron chi connectivity index (χ0n) is 20.7. The van der Waals surface area contributed by atoms with Crippen LogP contribution in [0.2, 0.25) is 0 Å². The molecule has 1 N–H and O–H groups in total. The van der Waals surface area contributed by atoms with Gasteiger partial charge < -0.3 is 5.11 Å². The van der Waals surface area contributed by atoms with Gasteiger partial charge in [-0.25, -0.2) is 0 Å². The highest BCUT2D eigenvalue weighted by molar-refractivity contribution is 5.38. The zero-order chi connectivity index (χ0) is 21.7. The fraction of sp³-hybridized carbons (Fsp3) is 0.862. The lowest BCUT2D eigenvalue weighted by atomic mass is 9.50. The monoisotopic (exact) mass is 412 g/mol. The molecule has 0 aliphatic heterocycles. The van der Waals surface area contributed by atoms with Gasteiger partial charge in [-0.1, -0.05) is 77.7 Å². The van der Waals surface area contributed by atoms with Crippen LogP contribution in [0, 0.1) is 46.3 Å². The minimum atomic E-state index is -0.109. The van der Waals surface area contributed by atoms with Gasteiger partial charge in [0.1, 0.15) is 0 Å². The Hall–Kier alpha value is -0.560. The van der Waals surface area contributed by atoms with Crippen LogP contribution in [-0.2, 0) is 0 Å². The molecule has 0 aromatic carbocycles. The van der Waals surface area contributed by atoms with Crippen LogP contribution >= 0.6 is 0 Å². The van der Waals surface area contributed by atoms with E-state index < -0.39 is 0 Å². The Morgan fingerprint density at radius 3 is 2.43 bits per heavy atom. The van der Waals surface area contributed by atoms with Gasteiger partial charge in [-0.15, -0.1) is 0 Å². The lowest BCUT2D eigenvalue weighted by Crippen LogP contribution is -2.46. The predicted molar refractivity (Wildman–Crippen MR) is 128 cm³/mol. The molecule has 0 aromatic heterocycles. The Morgan fingerprint density at radius 1 is 0.967 bits per heavy atom. The van der Waals surface area contributed by atoms with Gasteiger partial charge in [0.15, 0.2) is 0 Å². The van der Waals surface area contributed by atoms with Crippen molar-refractivity contribution in [2.45, 2.75) is 112 Å². The lowest BCUT2D eigenvalue weighted by Gasteiger charge is -2.55. The number of rotatable bonds is 6. The molecule has 0 heterocycles. The minimum absolute atomic E-state index is 0.109. The molecule has 3 fully saturated rings. The third-order valence-corrected chi connectivity index (χ3v) is 10.8. The molecule has 4 rings (SSSR count). The van der Waals surface area contributed by atoms with E-state index in [9.17, 15) is 5.11 Å². The smallest absolute Gasteiger partial charge is 0.0578 e. The van der Waals surface area contributed by atoms with E-state index in [0.29, 0.717) is 10.8 Å². The van der Waals surface area contributed by atoms with Gasteiger partial charge in [0.25, 0.3) is 0 Å². The molecule has 30 heavy (non-hydrogen) atoms. The Labute approximate surface area is 186 Å². The van der Waals surface area contributed by atoms with Gasteiger partial charge in [0.05, 0.1) is 6.10 Å². The molecule has 1 unspecified atom stereocenters. The van der Waals surface area contributed by atoms with E-state index in [-0.39, 0.29) is 6.10 Å². The van der Waals surface area contributed by atoms with Crippen molar-refractivity contribution < 1.29 is 5.11 Å². The summed E-state index contributed by atoms with van der Waals surface area (Å²) in [5.41, 5.74) is 4.17. The van der Waals surface area contributed by atoms with E-state index in [1.54, 1.807) is 11.1 Å². The van der Waals surface area contributed by atoms with Crippen molar-refractivity contribution in [1.82, 2.24) is 0 Å². The highest BCUT2D eigenvalue weighted by atomic mass is 16.3. The molecular formula is C29H48O. The van der Waals surface area contributed by atoms with Crippen LogP contribution in [0.25, 0.3) is 0 Å². The fourth-order valence-electron chi connectivity index (χ4n) is 8.65. The van der Waals surface area contributed by atoms with E-state index in [4.69, 9.17) is 0 Å². The van der Waals surface area contributed by atoms with Gasteiger partial charge in [0, 0.05) is 0 Å². The Morgan fingerprint density at radius 2 is 1.73 bits per heavy atom. The van der Waals surface area contributed by atoms with E-state index in [0.717, 1.165) is 48.3 Å². The van der Waals surface area contributed by atoms with E-state index in [2.05, 4.69) is 53.7 Å². The number of fused-ring (bicyclic) bond motifs is 5. The number of aliphatic hydroxyl groups is 1. The summed E-state index contributed by atoms with van der Waals surface area (Å²) in [5, 5.41) is 10.2. The van der Waals surface area contributed by atoms with E-state index >= 15 is 0 Å². The topological polar surface area (TPSA) is 20.2 Å². The quantitative estimate of drug-likeness (QED) is 0.469. The molecule has 4 aliphatic carbocycles. The second-order valence-electron chi connectivity index (χ2n) is 12.5. The Balaban J connectivity index is 1.51. The predicted octanol–water partition coefficient (Wildman–Crippen LogP) is 7.94. The SMILES string of the molecule is CC[C@H](CC[C@@H](C)[C@H]1CC[C@H]2C3=CC=C4C[C@@H](O)CC[C@]4(C)C3CC[C@]12C)C(C)C. The van der Waals surface area contributed by atoms with Crippen molar-refractivity contribution in [3.8, 4) is 0 Å². The summed E-state index contributed by atoms with van der Waals surface area (Å²) in [7, 11) is 0. The Kier molecular flexibility index (Phi) is 6.35. The number of allylic oxidation sites excluding steroid dienone is 3. The summed E-state index contributed by atoms with van der Waals surface area (Å²) in [5.74, 6) is 5.03. The molecule has 0 spiro atoms. The maximum absolute atomic E-state index is 10.2. The van der Waals surface area contributed by atoms with Gasteiger partial charge in [-0.05, 0) is 97.7 Å². The van der Waals surface area contributed by atoms with Gasteiger partial charge in [0.2, 0.25) is 0 Å². The Bertz CT molecular complexity index is 686. The third-order valence-electron chi connectivity index (χ3n) is 10.8. The van der Waals surface area contributed by atoms with Crippen LogP contribution in [0.3, 0.4) is 0 Å². The van der Waals surface area contributed by atoms with Crippen LogP contribution in [-0.4, -0.2) is 11.2 Å². The first-order valence-electron chi connectivity index (χ1n) is 13.3. The van der Waals surface area contributed by atoms with Crippen LogP contribution in [0.4, 0.5) is 0 Å². The molecule has 170 valence electrons. The second kappa shape index (κ2) is 8.42. The number of hydrogen-bond acceptors (Lipinski definition) is 1. The first kappa shape index (κ1) is 22.6. The highest BCUT2D eigenvalue weighted by Gasteiger charge is 2.56. The molecule has 8 atom stereocenters. The summed E-state index contributed by atoms with van der Waals surface area (Å²) in [6.45, 7) is 15.0. The maximum Gasteiger partial charge on any atom is 0.0578 e. The average Bonchev–Trinajstić information content (AvgIpc) is 3.06. The summed E-state index contributed by atoms with van der Waals surface area (Å²) in [4.78, 5) is 0. The third kappa shape index (κ3) is 3.66. The maximum atomic E-state index is 10.2. The molecule has 0 amide bonds. The minimum Gasteiger partial charge on any atom is -0.393 e.